The number of rotatable bonds is 7. The van der Waals surface area contributed by atoms with Gasteiger partial charge in [0.25, 0.3) is 5.91 Å². The number of carbonyl (C=O) groups is 1. The van der Waals surface area contributed by atoms with Gasteiger partial charge in [0.15, 0.2) is 4.80 Å². The first-order valence-corrected chi connectivity index (χ1v) is 13.3. The van der Waals surface area contributed by atoms with Crippen molar-refractivity contribution in [2.75, 3.05) is 13.2 Å². The number of carbonyl (C=O) groups excluding carboxylic acids is 1. The van der Waals surface area contributed by atoms with E-state index >= 15 is 0 Å². The van der Waals surface area contributed by atoms with Gasteiger partial charge in [-0.15, -0.1) is 11.3 Å². The van der Waals surface area contributed by atoms with E-state index in [0.717, 1.165) is 35.9 Å². The smallest absolute Gasteiger partial charge is 0.416 e. The van der Waals surface area contributed by atoms with Gasteiger partial charge < -0.3 is 18.9 Å². The third kappa shape index (κ3) is 8.42. The fourth-order valence-corrected chi connectivity index (χ4v) is 4.58. The molecule has 1 aromatic heterocycles. The zero-order chi connectivity index (χ0) is 28.3. The molecule has 2 heterocycles. The first kappa shape index (κ1) is 29.9. The van der Waals surface area contributed by atoms with Crippen molar-refractivity contribution in [2.24, 2.45) is 10.1 Å². The predicted octanol–water partition coefficient (Wildman–Crippen LogP) is 6.36. The van der Waals surface area contributed by atoms with Crippen LogP contribution in [-0.2, 0) is 27.7 Å². The van der Waals surface area contributed by atoms with E-state index in [0.29, 0.717) is 23.7 Å². The molecule has 1 saturated heterocycles. The van der Waals surface area contributed by atoms with Crippen molar-refractivity contribution in [3.63, 3.8) is 0 Å². The molecule has 38 heavy (non-hydrogen) atoms. The summed E-state index contributed by atoms with van der Waals surface area (Å²) in [5.74, 6) is -0.842. The van der Waals surface area contributed by atoms with Gasteiger partial charge in [0.1, 0.15) is 18.0 Å². The van der Waals surface area contributed by atoms with Crippen LogP contribution in [0.2, 0.25) is 0 Å². The van der Waals surface area contributed by atoms with E-state index in [1.807, 2.05) is 52.3 Å². The lowest BCUT2D eigenvalue weighted by molar-refractivity contribution is -0.137. The molecule has 0 bridgehead atoms. The molecule has 1 aliphatic heterocycles. The molecule has 3 rings (SSSR count). The molecule has 0 unspecified atom stereocenters. The number of alkyl halides is 3. The summed E-state index contributed by atoms with van der Waals surface area (Å²) in [6.07, 6.45) is -0.838. The number of amides is 1. The maximum atomic E-state index is 13.5. The second kappa shape index (κ2) is 11.6. The summed E-state index contributed by atoms with van der Waals surface area (Å²) in [7, 11) is 0. The highest BCUT2D eigenvalue weighted by atomic mass is 32.1. The van der Waals surface area contributed by atoms with Gasteiger partial charge in [-0.1, -0.05) is 25.9 Å². The van der Waals surface area contributed by atoms with E-state index in [2.05, 4.69) is 10.1 Å². The van der Waals surface area contributed by atoms with Crippen LogP contribution in [0.15, 0.2) is 34.5 Å². The molecule has 1 fully saturated rings. The van der Waals surface area contributed by atoms with Crippen molar-refractivity contribution in [3.05, 3.63) is 45.2 Å². The van der Waals surface area contributed by atoms with Crippen LogP contribution in [0.25, 0.3) is 0 Å². The molecule has 2 aromatic rings. The molecule has 0 aliphatic carbocycles. The molecule has 7 nitrogen and oxygen atoms in total. The minimum atomic E-state index is -4.63. The molecule has 210 valence electrons. The Hall–Kier alpha value is -2.66. The Balaban J connectivity index is 1.99. The van der Waals surface area contributed by atoms with E-state index in [1.165, 1.54) is 11.3 Å². The van der Waals surface area contributed by atoms with E-state index in [4.69, 9.17) is 14.3 Å². The van der Waals surface area contributed by atoms with Crippen LogP contribution in [-0.4, -0.2) is 41.1 Å². The standard InChI is InChI=1S/C27H36F3N3O4S/c1-17(32-37-26(5,6)7)16-36-21-11-10-18(27(28,29)30)13-20(21)23(34)31-24-33(14-19-9-8-12-35-19)15-22(38-24)25(2,3)4/h10-11,13,15,19H,8-9,12,14,16H2,1-7H3/t19-/m1/s1. The molecule has 1 aromatic carbocycles. The van der Waals surface area contributed by atoms with Gasteiger partial charge in [0.2, 0.25) is 0 Å². The molecule has 11 heteroatoms. The highest BCUT2D eigenvalue weighted by Gasteiger charge is 2.32. The number of benzene rings is 1. The van der Waals surface area contributed by atoms with Crippen LogP contribution in [0, 0.1) is 0 Å². The average molecular weight is 556 g/mol. The topological polar surface area (TPSA) is 74.4 Å². The summed E-state index contributed by atoms with van der Waals surface area (Å²) in [4.78, 5) is 24.4. The van der Waals surface area contributed by atoms with Gasteiger partial charge in [0, 0.05) is 17.7 Å². The fourth-order valence-electron chi connectivity index (χ4n) is 3.52. The highest BCUT2D eigenvalue weighted by molar-refractivity contribution is 7.09. The van der Waals surface area contributed by atoms with Gasteiger partial charge in [-0.25, -0.2) is 0 Å². The number of thiazole rings is 1. The molecule has 1 amide bonds. The second-order valence-electron chi connectivity index (χ2n) is 11.4. The second-order valence-corrected chi connectivity index (χ2v) is 12.4. The van der Waals surface area contributed by atoms with Crippen molar-refractivity contribution >= 4 is 23.0 Å². The van der Waals surface area contributed by atoms with Crippen LogP contribution < -0.4 is 9.54 Å². The number of hydrogen-bond acceptors (Lipinski definition) is 6. The molecular formula is C27H36F3N3O4S. The fraction of sp³-hybridized carbons (Fsp3) is 0.593. The maximum Gasteiger partial charge on any atom is 0.416 e. The lowest BCUT2D eigenvalue weighted by Crippen LogP contribution is -2.24. The highest BCUT2D eigenvalue weighted by Crippen LogP contribution is 2.33. The molecule has 0 spiro atoms. The average Bonchev–Trinajstić information content (AvgIpc) is 3.45. The van der Waals surface area contributed by atoms with Crippen molar-refractivity contribution < 1.29 is 32.3 Å². The minimum absolute atomic E-state index is 0.00324. The SMILES string of the molecule is CC(COc1ccc(C(F)(F)F)cc1C(=O)N=c1sc(C(C)(C)C)cn1C[C@H]1CCCO1)=NOC(C)(C)C. The van der Waals surface area contributed by atoms with Crippen molar-refractivity contribution in [1.82, 2.24) is 4.57 Å². The maximum absolute atomic E-state index is 13.5. The van der Waals surface area contributed by atoms with Gasteiger partial charge in [0.05, 0.1) is 29.5 Å². The van der Waals surface area contributed by atoms with E-state index in [-0.39, 0.29) is 29.4 Å². The number of oxime groups is 1. The molecule has 0 saturated carbocycles. The normalized spacial score (nSPS) is 17.7. The van der Waals surface area contributed by atoms with Gasteiger partial charge in [-0.2, -0.15) is 18.2 Å². The minimum Gasteiger partial charge on any atom is -0.487 e. The Bertz CT molecular complexity index is 1230. The van der Waals surface area contributed by atoms with Crippen molar-refractivity contribution in [2.45, 2.75) is 91.1 Å². The molecule has 0 radical (unpaired) electrons. The first-order valence-electron chi connectivity index (χ1n) is 12.5. The lowest BCUT2D eigenvalue weighted by Gasteiger charge is -2.16. The number of halogens is 3. The van der Waals surface area contributed by atoms with Crippen molar-refractivity contribution in [3.8, 4) is 5.75 Å². The van der Waals surface area contributed by atoms with Crippen LogP contribution in [0.4, 0.5) is 13.2 Å². The molecule has 0 N–H and O–H groups in total. The Morgan fingerprint density at radius 1 is 1.18 bits per heavy atom. The lowest BCUT2D eigenvalue weighted by atomic mass is 9.95. The zero-order valence-electron chi connectivity index (χ0n) is 22.9. The summed E-state index contributed by atoms with van der Waals surface area (Å²) in [5, 5.41) is 3.99. The molecular weight excluding hydrogens is 519 g/mol. The third-order valence-corrected chi connectivity index (χ3v) is 6.98. The van der Waals surface area contributed by atoms with Crippen LogP contribution in [0.5, 0.6) is 5.75 Å². The monoisotopic (exact) mass is 555 g/mol. The van der Waals surface area contributed by atoms with Crippen LogP contribution in [0.3, 0.4) is 0 Å². The molecule has 1 atom stereocenters. The van der Waals surface area contributed by atoms with Crippen LogP contribution >= 0.6 is 11.3 Å². The van der Waals surface area contributed by atoms with Gasteiger partial charge in [-0.05, 0) is 64.2 Å². The molecule has 1 aliphatic rings. The Kier molecular flexibility index (Phi) is 9.13. The Morgan fingerprint density at radius 3 is 2.47 bits per heavy atom. The van der Waals surface area contributed by atoms with Gasteiger partial charge in [-0.3, -0.25) is 4.79 Å². The van der Waals surface area contributed by atoms with E-state index in [9.17, 15) is 18.0 Å². The summed E-state index contributed by atoms with van der Waals surface area (Å²) >= 11 is 1.34. The Labute approximate surface area is 225 Å². The van der Waals surface area contributed by atoms with E-state index in [1.54, 1.807) is 6.92 Å². The number of ether oxygens (including phenoxy) is 2. The number of hydrogen-bond donors (Lipinski definition) is 0. The summed E-state index contributed by atoms with van der Waals surface area (Å²) in [6, 6.07) is 2.80. The van der Waals surface area contributed by atoms with Gasteiger partial charge >= 0.3 is 6.18 Å². The number of nitrogens with zero attached hydrogens (tertiary/aromatic N) is 3. The third-order valence-electron chi connectivity index (χ3n) is 5.53. The summed E-state index contributed by atoms with van der Waals surface area (Å²) in [5.41, 5.74) is -1.49. The predicted molar refractivity (Wildman–Crippen MR) is 141 cm³/mol. The van der Waals surface area contributed by atoms with Crippen LogP contribution in [0.1, 0.15) is 82.1 Å². The zero-order valence-corrected chi connectivity index (χ0v) is 23.8. The summed E-state index contributed by atoms with van der Waals surface area (Å²) < 4.78 is 53.8. The van der Waals surface area contributed by atoms with Crippen molar-refractivity contribution in [1.29, 1.82) is 0 Å². The number of aromatic nitrogens is 1. The first-order chi connectivity index (χ1) is 17.5. The quantitative estimate of drug-likeness (QED) is 0.295. The Morgan fingerprint density at radius 2 is 1.89 bits per heavy atom. The van der Waals surface area contributed by atoms with E-state index < -0.39 is 23.2 Å². The largest absolute Gasteiger partial charge is 0.487 e. The summed E-state index contributed by atoms with van der Waals surface area (Å²) in [6.45, 7) is 14.4.